The van der Waals surface area contributed by atoms with Crippen molar-refractivity contribution in [2.75, 3.05) is 33.3 Å². The number of esters is 1. The number of ether oxygens (including phenoxy) is 2. The number of nitrogens with zero attached hydrogens (tertiary/aromatic N) is 2. The van der Waals surface area contributed by atoms with E-state index in [9.17, 15) is 19.2 Å². The first-order chi connectivity index (χ1) is 17.0. The fraction of sp³-hybridized carbons (Fsp3) is 0.852. The standard InChI is InChI=1S/C27H45N3O6/c1-27(2,3)36-26(34)30-15-11-19(12-16-30)17-23(31)28-22-7-5-21(6-8-22)25(33)29-13-9-20(10-14-29)18-24(32)35-4/h19-22H,5-18H2,1-4H3,(H,28,31). The van der Waals surface area contributed by atoms with E-state index in [0.29, 0.717) is 44.9 Å². The first kappa shape index (κ1) is 28.3. The lowest BCUT2D eigenvalue weighted by Crippen LogP contribution is -2.45. The largest absolute Gasteiger partial charge is 0.469 e. The molecule has 3 amide bonds. The van der Waals surface area contributed by atoms with Crippen molar-refractivity contribution in [3.63, 3.8) is 0 Å². The van der Waals surface area contributed by atoms with E-state index in [4.69, 9.17) is 9.47 Å². The van der Waals surface area contributed by atoms with Gasteiger partial charge in [-0.1, -0.05) is 0 Å². The van der Waals surface area contributed by atoms with Crippen LogP contribution in [0.1, 0.15) is 85.0 Å². The molecule has 0 atom stereocenters. The van der Waals surface area contributed by atoms with Gasteiger partial charge in [-0.25, -0.2) is 4.79 Å². The lowest BCUT2D eigenvalue weighted by Gasteiger charge is -2.36. The number of rotatable bonds is 6. The van der Waals surface area contributed by atoms with Gasteiger partial charge in [0.15, 0.2) is 0 Å². The van der Waals surface area contributed by atoms with Gasteiger partial charge in [0.2, 0.25) is 11.8 Å². The molecule has 9 nitrogen and oxygen atoms in total. The third kappa shape index (κ3) is 8.66. The van der Waals surface area contributed by atoms with Gasteiger partial charge in [-0.05, 0) is 84.0 Å². The van der Waals surface area contributed by atoms with Crippen molar-refractivity contribution >= 4 is 23.9 Å². The summed E-state index contributed by atoms with van der Waals surface area (Å²) in [5.74, 6) is 0.751. The maximum atomic E-state index is 13.0. The summed E-state index contributed by atoms with van der Waals surface area (Å²) in [5.41, 5.74) is -0.500. The van der Waals surface area contributed by atoms with E-state index in [1.807, 2.05) is 25.7 Å². The van der Waals surface area contributed by atoms with Crippen LogP contribution in [-0.2, 0) is 23.9 Å². The minimum Gasteiger partial charge on any atom is -0.469 e. The number of hydrogen-bond acceptors (Lipinski definition) is 6. The molecule has 0 radical (unpaired) electrons. The van der Waals surface area contributed by atoms with Gasteiger partial charge in [-0.15, -0.1) is 0 Å². The van der Waals surface area contributed by atoms with Crippen LogP contribution in [0.2, 0.25) is 0 Å². The third-order valence-corrected chi connectivity index (χ3v) is 7.79. The minimum absolute atomic E-state index is 0.0347. The highest BCUT2D eigenvalue weighted by Crippen LogP contribution is 2.29. The lowest BCUT2D eigenvalue weighted by atomic mass is 9.84. The number of carbonyl (C=O) groups is 4. The van der Waals surface area contributed by atoms with E-state index in [0.717, 1.165) is 51.4 Å². The number of piperidine rings is 2. The zero-order valence-corrected chi connectivity index (χ0v) is 22.6. The van der Waals surface area contributed by atoms with E-state index in [1.165, 1.54) is 7.11 Å². The van der Waals surface area contributed by atoms with Gasteiger partial charge in [0.05, 0.1) is 7.11 Å². The number of amides is 3. The van der Waals surface area contributed by atoms with Crippen molar-refractivity contribution < 1.29 is 28.7 Å². The van der Waals surface area contributed by atoms with Crippen molar-refractivity contribution in [3.05, 3.63) is 0 Å². The van der Waals surface area contributed by atoms with Crippen LogP contribution in [0, 0.1) is 17.8 Å². The second-order valence-corrected chi connectivity index (χ2v) is 11.8. The Morgan fingerprint density at radius 3 is 1.83 bits per heavy atom. The van der Waals surface area contributed by atoms with Crippen molar-refractivity contribution in [3.8, 4) is 0 Å². The minimum atomic E-state index is -0.500. The van der Waals surface area contributed by atoms with Gasteiger partial charge in [0, 0.05) is 51.0 Å². The van der Waals surface area contributed by atoms with E-state index in [1.54, 1.807) is 4.90 Å². The number of likely N-dealkylation sites (tertiary alicyclic amines) is 2. The van der Waals surface area contributed by atoms with Gasteiger partial charge in [0.1, 0.15) is 5.60 Å². The highest BCUT2D eigenvalue weighted by atomic mass is 16.6. The predicted molar refractivity (Wildman–Crippen MR) is 135 cm³/mol. The molecule has 1 aliphatic carbocycles. The van der Waals surface area contributed by atoms with Gasteiger partial charge in [0.25, 0.3) is 0 Å². The molecular weight excluding hydrogens is 462 g/mol. The smallest absolute Gasteiger partial charge is 0.410 e. The first-order valence-electron chi connectivity index (χ1n) is 13.7. The number of carbonyl (C=O) groups excluding carboxylic acids is 4. The van der Waals surface area contributed by atoms with Crippen LogP contribution >= 0.6 is 0 Å². The normalized spacial score (nSPS) is 24.2. The Morgan fingerprint density at radius 2 is 1.31 bits per heavy atom. The molecule has 0 aromatic rings. The van der Waals surface area contributed by atoms with Gasteiger partial charge >= 0.3 is 12.1 Å². The van der Waals surface area contributed by atoms with Crippen LogP contribution in [0.4, 0.5) is 4.79 Å². The second-order valence-electron chi connectivity index (χ2n) is 11.8. The molecular formula is C27H45N3O6. The molecule has 0 unspecified atom stereocenters. The van der Waals surface area contributed by atoms with E-state index in [2.05, 4.69) is 5.32 Å². The van der Waals surface area contributed by atoms with Gasteiger partial charge in [-0.3, -0.25) is 14.4 Å². The molecule has 2 aliphatic heterocycles. The van der Waals surface area contributed by atoms with E-state index >= 15 is 0 Å². The molecule has 1 N–H and O–H groups in total. The monoisotopic (exact) mass is 507 g/mol. The fourth-order valence-electron chi connectivity index (χ4n) is 5.61. The van der Waals surface area contributed by atoms with Crippen molar-refractivity contribution in [1.82, 2.24) is 15.1 Å². The number of hydrogen-bond donors (Lipinski definition) is 1. The number of nitrogens with one attached hydrogen (secondary N) is 1. The predicted octanol–water partition coefficient (Wildman–Crippen LogP) is 3.50. The Bertz CT molecular complexity index is 771. The molecule has 3 aliphatic rings. The van der Waals surface area contributed by atoms with Crippen molar-refractivity contribution in [2.45, 2.75) is 96.6 Å². The molecule has 3 rings (SSSR count). The van der Waals surface area contributed by atoms with Gasteiger partial charge in [-0.2, -0.15) is 0 Å². The summed E-state index contributed by atoms with van der Waals surface area (Å²) in [6.07, 6.45) is 7.24. The molecule has 204 valence electrons. The summed E-state index contributed by atoms with van der Waals surface area (Å²) in [6, 6.07) is 0.134. The van der Waals surface area contributed by atoms with E-state index in [-0.39, 0.29) is 41.8 Å². The molecule has 9 heteroatoms. The Morgan fingerprint density at radius 1 is 0.778 bits per heavy atom. The summed E-state index contributed by atoms with van der Waals surface area (Å²) in [5, 5.41) is 3.19. The van der Waals surface area contributed by atoms with Crippen LogP contribution in [0.15, 0.2) is 0 Å². The second kappa shape index (κ2) is 12.8. The molecule has 0 aromatic carbocycles. The molecule has 0 aromatic heterocycles. The van der Waals surface area contributed by atoms with Crippen LogP contribution in [0.25, 0.3) is 0 Å². The zero-order chi connectivity index (χ0) is 26.3. The van der Waals surface area contributed by atoms with Gasteiger partial charge < -0.3 is 24.6 Å². The maximum absolute atomic E-state index is 13.0. The van der Waals surface area contributed by atoms with Crippen LogP contribution in [-0.4, -0.2) is 78.6 Å². The molecule has 36 heavy (non-hydrogen) atoms. The summed E-state index contributed by atoms with van der Waals surface area (Å²) < 4.78 is 10.2. The highest BCUT2D eigenvalue weighted by molar-refractivity contribution is 5.79. The molecule has 0 spiro atoms. The Hall–Kier alpha value is -2.32. The molecule has 2 saturated heterocycles. The zero-order valence-electron chi connectivity index (χ0n) is 22.6. The molecule has 2 heterocycles. The number of methoxy groups -OCH3 is 1. The van der Waals surface area contributed by atoms with Crippen LogP contribution < -0.4 is 5.32 Å². The van der Waals surface area contributed by atoms with Crippen molar-refractivity contribution in [2.24, 2.45) is 17.8 Å². The van der Waals surface area contributed by atoms with Crippen molar-refractivity contribution in [1.29, 1.82) is 0 Å². The topological polar surface area (TPSA) is 105 Å². The average Bonchev–Trinajstić information content (AvgIpc) is 2.84. The maximum Gasteiger partial charge on any atom is 0.410 e. The summed E-state index contributed by atoms with van der Waals surface area (Å²) in [4.78, 5) is 53.1. The van der Waals surface area contributed by atoms with Crippen LogP contribution in [0.5, 0.6) is 0 Å². The lowest BCUT2D eigenvalue weighted by molar-refractivity contribution is -0.142. The average molecular weight is 508 g/mol. The fourth-order valence-corrected chi connectivity index (χ4v) is 5.61. The third-order valence-electron chi connectivity index (χ3n) is 7.79. The molecule has 3 fully saturated rings. The molecule has 0 bridgehead atoms. The Kier molecular flexibility index (Phi) is 10.0. The summed E-state index contributed by atoms with van der Waals surface area (Å²) >= 11 is 0. The summed E-state index contributed by atoms with van der Waals surface area (Å²) in [7, 11) is 1.41. The molecule has 1 saturated carbocycles. The highest BCUT2D eigenvalue weighted by Gasteiger charge is 2.33. The first-order valence-corrected chi connectivity index (χ1v) is 13.7. The summed E-state index contributed by atoms with van der Waals surface area (Å²) in [6.45, 7) is 8.27. The van der Waals surface area contributed by atoms with E-state index < -0.39 is 5.60 Å². The quantitative estimate of drug-likeness (QED) is 0.552. The Balaban J connectivity index is 1.31. The SMILES string of the molecule is COC(=O)CC1CCN(C(=O)C2CCC(NC(=O)CC3CCN(C(=O)OC(C)(C)C)CC3)CC2)CC1. The Labute approximate surface area is 215 Å². The van der Waals surface area contributed by atoms with Crippen LogP contribution in [0.3, 0.4) is 0 Å².